The van der Waals surface area contributed by atoms with Gasteiger partial charge in [-0.25, -0.2) is 0 Å². The van der Waals surface area contributed by atoms with E-state index in [9.17, 15) is 0 Å². The largest absolute Gasteiger partial charge is 0.379 e. The monoisotopic (exact) mass is 214 g/mol. The van der Waals surface area contributed by atoms with E-state index >= 15 is 0 Å². The first kappa shape index (κ1) is 14.6. The first-order chi connectivity index (χ1) is 7.16. The SMILES string of the molecule is C=CCCC(C)NCCOCCN(C)C. The van der Waals surface area contributed by atoms with E-state index in [1.807, 2.05) is 6.08 Å². The summed E-state index contributed by atoms with van der Waals surface area (Å²) in [6.07, 6.45) is 4.20. The van der Waals surface area contributed by atoms with Crippen LogP contribution >= 0.6 is 0 Å². The van der Waals surface area contributed by atoms with Crippen LogP contribution in [-0.4, -0.2) is 51.3 Å². The fourth-order valence-electron chi connectivity index (χ4n) is 1.20. The highest BCUT2D eigenvalue weighted by molar-refractivity contribution is 4.70. The molecule has 0 bridgehead atoms. The number of hydrogen-bond acceptors (Lipinski definition) is 3. The molecular weight excluding hydrogens is 188 g/mol. The molecule has 0 fully saturated rings. The lowest BCUT2D eigenvalue weighted by atomic mass is 10.2. The number of ether oxygens (including phenoxy) is 1. The van der Waals surface area contributed by atoms with Gasteiger partial charge < -0.3 is 15.0 Å². The number of hydrogen-bond donors (Lipinski definition) is 1. The Morgan fingerprint density at radius 2 is 2.13 bits per heavy atom. The molecule has 0 aromatic rings. The lowest BCUT2D eigenvalue weighted by molar-refractivity contribution is 0.117. The molecule has 3 nitrogen and oxygen atoms in total. The van der Waals surface area contributed by atoms with E-state index in [1.165, 1.54) is 0 Å². The van der Waals surface area contributed by atoms with E-state index < -0.39 is 0 Å². The Bertz CT molecular complexity index is 149. The highest BCUT2D eigenvalue weighted by Crippen LogP contribution is 1.95. The predicted octanol–water partition coefficient (Wildman–Crippen LogP) is 1.51. The van der Waals surface area contributed by atoms with Crippen LogP contribution in [0.2, 0.25) is 0 Å². The van der Waals surface area contributed by atoms with E-state index in [-0.39, 0.29) is 0 Å². The van der Waals surface area contributed by atoms with Crippen molar-refractivity contribution in [2.45, 2.75) is 25.8 Å². The van der Waals surface area contributed by atoms with Gasteiger partial charge in [0.2, 0.25) is 0 Å². The van der Waals surface area contributed by atoms with Crippen molar-refractivity contribution in [3.05, 3.63) is 12.7 Å². The van der Waals surface area contributed by atoms with Crippen LogP contribution in [0, 0.1) is 0 Å². The second-order valence-corrected chi connectivity index (χ2v) is 4.14. The highest BCUT2D eigenvalue weighted by atomic mass is 16.5. The van der Waals surface area contributed by atoms with Crippen molar-refractivity contribution >= 4 is 0 Å². The summed E-state index contributed by atoms with van der Waals surface area (Å²) in [5, 5.41) is 3.42. The Kier molecular flexibility index (Phi) is 9.89. The number of nitrogens with zero attached hydrogens (tertiary/aromatic N) is 1. The lowest BCUT2D eigenvalue weighted by Gasteiger charge is -2.13. The summed E-state index contributed by atoms with van der Waals surface area (Å²) in [6, 6.07) is 0.556. The van der Waals surface area contributed by atoms with Crippen molar-refractivity contribution in [3.63, 3.8) is 0 Å². The molecule has 0 aromatic carbocycles. The lowest BCUT2D eigenvalue weighted by Crippen LogP contribution is -2.30. The molecule has 3 heteroatoms. The van der Waals surface area contributed by atoms with Gasteiger partial charge in [0, 0.05) is 19.1 Å². The maximum Gasteiger partial charge on any atom is 0.0593 e. The van der Waals surface area contributed by atoms with Gasteiger partial charge in [0.1, 0.15) is 0 Å². The molecule has 0 saturated carbocycles. The molecule has 90 valence electrons. The Hall–Kier alpha value is -0.380. The molecular formula is C12H26N2O. The maximum atomic E-state index is 5.48. The van der Waals surface area contributed by atoms with Crippen LogP contribution in [0.15, 0.2) is 12.7 Å². The summed E-state index contributed by atoms with van der Waals surface area (Å²) in [5.41, 5.74) is 0. The summed E-state index contributed by atoms with van der Waals surface area (Å²) in [4.78, 5) is 2.13. The molecule has 1 unspecified atom stereocenters. The molecule has 0 amide bonds. The molecule has 0 aliphatic carbocycles. The molecule has 0 spiro atoms. The van der Waals surface area contributed by atoms with Gasteiger partial charge in [-0.05, 0) is 33.9 Å². The molecule has 0 heterocycles. The standard InChI is InChI=1S/C12H26N2O/c1-5-6-7-12(2)13-8-10-15-11-9-14(3)4/h5,12-13H,1,6-11H2,2-4H3. The first-order valence-electron chi connectivity index (χ1n) is 5.73. The number of likely N-dealkylation sites (N-methyl/N-ethyl adjacent to an activating group) is 1. The fraction of sp³-hybridized carbons (Fsp3) is 0.833. The van der Waals surface area contributed by atoms with Crippen LogP contribution in [0.4, 0.5) is 0 Å². The minimum atomic E-state index is 0.556. The van der Waals surface area contributed by atoms with Gasteiger partial charge in [0.25, 0.3) is 0 Å². The van der Waals surface area contributed by atoms with Crippen LogP contribution in [0.3, 0.4) is 0 Å². The van der Waals surface area contributed by atoms with Crippen molar-refractivity contribution < 1.29 is 4.74 Å². The molecule has 0 aliphatic heterocycles. The molecule has 0 rings (SSSR count). The van der Waals surface area contributed by atoms with Gasteiger partial charge >= 0.3 is 0 Å². The first-order valence-corrected chi connectivity index (χ1v) is 5.73. The summed E-state index contributed by atoms with van der Waals surface area (Å²) in [5.74, 6) is 0. The predicted molar refractivity (Wildman–Crippen MR) is 66.3 cm³/mol. The Labute approximate surface area is 94.5 Å². The second-order valence-electron chi connectivity index (χ2n) is 4.14. The normalized spacial score (nSPS) is 13.1. The van der Waals surface area contributed by atoms with Crippen molar-refractivity contribution in [1.29, 1.82) is 0 Å². The fourth-order valence-corrected chi connectivity index (χ4v) is 1.20. The number of rotatable bonds is 10. The molecule has 15 heavy (non-hydrogen) atoms. The quantitative estimate of drug-likeness (QED) is 0.441. The smallest absolute Gasteiger partial charge is 0.0593 e. The third kappa shape index (κ3) is 11.5. The van der Waals surface area contributed by atoms with Crippen LogP contribution in [-0.2, 0) is 4.74 Å². The second kappa shape index (κ2) is 10.1. The van der Waals surface area contributed by atoms with E-state index in [0.29, 0.717) is 6.04 Å². The van der Waals surface area contributed by atoms with Crippen molar-refractivity contribution in [2.75, 3.05) is 40.4 Å². The van der Waals surface area contributed by atoms with E-state index in [4.69, 9.17) is 4.74 Å². The van der Waals surface area contributed by atoms with E-state index in [2.05, 4.69) is 37.8 Å². The maximum absolute atomic E-state index is 5.48. The van der Waals surface area contributed by atoms with Crippen LogP contribution < -0.4 is 5.32 Å². The Morgan fingerprint density at radius 3 is 2.73 bits per heavy atom. The average molecular weight is 214 g/mol. The van der Waals surface area contributed by atoms with Crippen LogP contribution in [0.5, 0.6) is 0 Å². The summed E-state index contributed by atoms with van der Waals surface area (Å²) >= 11 is 0. The zero-order valence-electron chi connectivity index (χ0n) is 10.5. The minimum absolute atomic E-state index is 0.556. The van der Waals surface area contributed by atoms with Crippen molar-refractivity contribution in [1.82, 2.24) is 10.2 Å². The molecule has 0 aromatic heterocycles. The topological polar surface area (TPSA) is 24.5 Å². The zero-order chi connectivity index (χ0) is 11.5. The van der Waals surface area contributed by atoms with Crippen LogP contribution in [0.1, 0.15) is 19.8 Å². The highest BCUT2D eigenvalue weighted by Gasteiger charge is 1.98. The summed E-state index contributed by atoms with van der Waals surface area (Å²) < 4.78 is 5.48. The molecule has 0 saturated heterocycles. The summed E-state index contributed by atoms with van der Waals surface area (Å²) in [7, 11) is 4.11. The van der Waals surface area contributed by atoms with Crippen molar-refractivity contribution in [2.24, 2.45) is 0 Å². The molecule has 1 atom stereocenters. The van der Waals surface area contributed by atoms with Gasteiger partial charge in [-0.2, -0.15) is 0 Å². The van der Waals surface area contributed by atoms with E-state index in [0.717, 1.165) is 39.1 Å². The third-order valence-corrected chi connectivity index (χ3v) is 2.23. The zero-order valence-corrected chi connectivity index (χ0v) is 10.5. The molecule has 0 aliphatic rings. The third-order valence-electron chi connectivity index (χ3n) is 2.23. The number of nitrogens with one attached hydrogen (secondary N) is 1. The van der Waals surface area contributed by atoms with Crippen molar-refractivity contribution in [3.8, 4) is 0 Å². The average Bonchev–Trinajstić information content (AvgIpc) is 2.19. The molecule has 0 radical (unpaired) electrons. The van der Waals surface area contributed by atoms with Gasteiger partial charge in [-0.3, -0.25) is 0 Å². The van der Waals surface area contributed by atoms with Gasteiger partial charge in [-0.15, -0.1) is 6.58 Å². The van der Waals surface area contributed by atoms with Gasteiger partial charge in [-0.1, -0.05) is 6.08 Å². The molecule has 1 N–H and O–H groups in total. The minimum Gasteiger partial charge on any atom is -0.379 e. The summed E-state index contributed by atoms with van der Waals surface area (Å²) in [6.45, 7) is 9.45. The van der Waals surface area contributed by atoms with Gasteiger partial charge in [0.05, 0.1) is 13.2 Å². The Balaban J connectivity index is 3.12. The van der Waals surface area contributed by atoms with Crippen LogP contribution in [0.25, 0.3) is 0 Å². The Morgan fingerprint density at radius 1 is 1.40 bits per heavy atom. The van der Waals surface area contributed by atoms with E-state index in [1.54, 1.807) is 0 Å². The van der Waals surface area contributed by atoms with Gasteiger partial charge in [0.15, 0.2) is 0 Å². The number of allylic oxidation sites excluding steroid dienone is 1.